The first-order valence-electron chi connectivity index (χ1n) is 7.70. The Hall–Kier alpha value is -2.76. The highest BCUT2D eigenvalue weighted by Crippen LogP contribution is 2.14. The number of esters is 2. The van der Waals surface area contributed by atoms with E-state index in [1.54, 1.807) is 12.2 Å². The van der Waals surface area contributed by atoms with E-state index in [1.165, 1.54) is 12.5 Å². The summed E-state index contributed by atoms with van der Waals surface area (Å²) in [6.45, 7) is 1.08. The third kappa shape index (κ3) is 4.16. The molecule has 2 aliphatic rings. The van der Waals surface area contributed by atoms with Gasteiger partial charge in [0, 0.05) is 0 Å². The minimum Gasteiger partial charge on any atom is -0.500 e. The van der Waals surface area contributed by atoms with E-state index in [0.29, 0.717) is 13.2 Å². The maximum Gasteiger partial charge on any atom is 0.316 e. The van der Waals surface area contributed by atoms with E-state index < -0.39 is 0 Å². The van der Waals surface area contributed by atoms with Gasteiger partial charge in [-0.25, -0.2) is 0 Å². The lowest BCUT2D eigenvalue weighted by atomic mass is 10.1. The molecule has 1 aromatic rings. The van der Waals surface area contributed by atoms with Crippen molar-refractivity contribution in [3.63, 3.8) is 0 Å². The lowest BCUT2D eigenvalue weighted by Crippen LogP contribution is -2.17. The van der Waals surface area contributed by atoms with Crippen molar-refractivity contribution < 1.29 is 28.5 Å². The summed E-state index contributed by atoms with van der Waals surface area (Å²) >= 11 is 0. The van der Waals surface area contributed by atoms with E-state index in [1.807, 2.05) is 24.3 Å². The second kappa shape index (κ2) is 7.68. The fourth-order valence-electron chi connectivity index (χ4n) is 2.28. The predicted molar refractivity (Wildman–Crippen MR) is 83.2 cm³/mol. The molecule has 6 heteroatoms. The molecule has 0 radical (unpaired) electrons. The molecule has 0 aliphatic carbocycles. The van der Waals surface area contributed by atoms with Crippen LogP contribution in [-0.4, -0.2) is 25.2 Å². The van der Waals surface area contributed by atoms with Gasteiger partial charge in [0.2, 0.25) is 0 Å². The van der Waals surface area contributed by atoms with Crippen LogP contribution in [-0.2, 0) is 41.8 Å². The highest BCUT2D eigenvalue weighted by Gasteiger charge is 2.22. The van der Waals surface area contributed by atoms with Crippen LogP contribution in [0.2, 0.25) is 0 Å². The van der Waals surface area contributed by atoms with Crippen LogP contribution >= 0.6 is 0 Å². The quantitative estimate of drug-likeness (QED) is 0.744. The summed E-state index contributed by atoms with van der Waals surface area (Å²) in [5, 5.41) is 0. The van der Waals surface area contributed by atoms with E-state index in [-0.39, 0.29) is 37.0 Å². The standard InChI is InChI=1S/C18H18O6/c19-17(15-5-7-21-11-15)23-9-13-1-2-14(4-3-13)10-24-18(20)16-6-8-22-12-16/h1-8,15-16H,9-12H2. The average Bonchev–Trinajstić information content (AvgIpc) is 3.32. The summed E-state index contributed by atoms with van der Waals surface area (Å²) in [5.41, 5.74) is 1.74. The molecular weight excluding hydrogens is 312 g/mol. The predicted octanol–water partition coefficient (Wildman–Crippen LogP) is 2.09. The van der Waals surface area contributed by atoms with Gasteiger partial charge in [-0.05, 0) is 23.3 Å². The van der Waals surface area contributed by atoms with Gasteiger partial charge in [0.15, 0.2) is 0 Å². The van der Waals surface area contributed by atoms with Crippen LogP contribution in [0.25, 0.3) is 0 Å². The minimum atomic E-state index is -0.322. The van der Waals surface area contributed by atoms with Gasteiger partial charge in [0.05, 0.1) is 12.5 Å². The normalized spacial score (nSPS) is 21.2. The zero-order chi connectivity index (χ0) is 16.8. The summed E-state index contributed by atoms with van der Waals surface area (Å²) in [6.07, 6.45) is 6.39. The molecule has 2 unspecified atom stereocenters. The average molecular weight is 330 g/mol. The van der Waals surface area contributed by atoms with Gasteiger partial charge in [-0.1, -0.05) is 24.3 Å². The fourth-order valence-corrected chi connectivity index (χ4v) is 2.28. The van der Waals surface area contributed by atoms with Crippen LogP contribution in [0.15, 0.2) is 48.9 Å². The smallest absolute Gasteiger partial charge is 0.316 e. The molecule has 0 amide bonds. The maximum atomic E-state index is 11.8. The van der Waals surface area contributed by atoms with Crippen LogP contribution in [0.3, 0.4) is 0 Å². The lowest BCUT2D eigenvalue weighted by Gasteiger charge is -2.10. The molecule has 0 spiro atoms. The molecule has 2 atom stereocenters. The summed E-state index contributed by atoms with van der Waals surface area (Å²) in [5.74, 6) is -1.24. The second-order valence-electron chi connectivity index (χ2n) is 5.57. The van der Waals surface area contributed by atoms with Gasteiger partial charge in [0.25, 0.3) is 0 Å². The SMILES string of the molecule is O=C(OCc1ccc(COC(=O)C2C=COC2)cc1)C1C=COC1. The molecule has 0 bridgehead atoms. The highest BCUT2D eigenvalue weighted by molar-refractivity contribution is 5.75. The van der Waals surface area contributed by atoms with Gasteiger partial charge in [-0.2, -0.15) is 0 Å². The van der Waals surface area contributed by atoms with E-state index >= 15 is 0 Å². The minimum absolute atomic E-state index is 0.202. The van der Waals surface area contributed by atoms with Crippen molar-refractivity contribution in [2.45, 2.75) is 13.2 Å². The summed E-state index contributed by atoms with van der Waals surface area (Å²) in [6, 6.07) is 7.37. The Morgan fingerprint density at radius 1 is 0.833 bits per heavy atom. The molecular formula is C18H18O6. The van der Waals surface area contributed by atoms with Crippen molar-refractivity contribution in [2.75, 3.05) is 13.2 Å². The van der Waals surface area contributed by atoms with Gasteiger partial charge >= 0.3 is 11.9 Å². The van der Waals surface area contributed by atoms with Gasteiger partial charge < -0.3 is 18.9 Å². The van der Waals surface area contributed by atoms with E-state index in [2.05, 4.69) is 0 Å². The van der Waals surface area contributed by atoms with E-state index in [4.69, 9.17) is 18.9 Å². The second-order valence-corrected chi connectivity index (χ2v) is 5.57. The number of carbonyl (C=O) groups excluding carboxylic acids is 2. The Bertz CT molecular complexity index is 589. The first-order valence-corrected chi connectivity index (χ1v) is 7.70. The molecule has 0 N–H and O–H groups in total. The van der Waals surface area contributed by atoms with Gasteiger partial charge in [0.1, 0.15) is 38.3 Å². The maximum absolute atomic E-state index is 11.8. The van der Waals surface area contributed by atoms with Crippen LogP contribution in [0.1, 0.15) is 11.1 Å². The van der Waals surface area contributed by atoms with Gasteiger partial charge in [-0.15, -0.1) is 0 Å². The van der Waals surface area contributed by atoms with Crippen molar-refractivity contribution in [2.24, 2.45) is 11.8 Å². The third-order valence-corrected chi connectivity index (χ3v) is 3.76. The van der Waals surface area contributed by atoms with E-state index in [9.17, 15) is 9.59 Å². The zero-order valence-electron chi connectivity index (χ0n) is 13.1. The monoisotopic (exact) mass is 330 g/mol. The Morgan fingerprint density at radius 3 is 1.58 bits per heavy atom. The molecule has 24 heavy (non-hydrogen) atoms. The van der Waals surface area contributed by atoms with Crippen molar-refractivity contribution in [3.05, 3.63) is 60.1 Å². The number of carbonyl (C=O) groups is 2. The first kappa shape index (κ1) is 16.1. The van der Waals surface area contributed by atoms with Crippen molar-refractivity contribution in [1.82, 2.24) is 0 Å². The summed E-state index contributed by atoms with van der Waals surface area (Å²) in [4.78, 5) is 23.5. The first-order chi connectivity index (χ1) is 11.7. The molecule has 0 aromatic heterocycles. The summed E-state index contributed by atoms with van der Waals surface area (Å²) in [7, 11) is 0. The zero-order valence-corrected chi connectivity index (χ0v) is 13.1. The topological polar surface area (TPSA) is 71.1 Å². The molecule has 0 saturated carbocycles. The third-order valence-electron chi connectivity index (χ3n) is 3.76. The van der Waals surface area contributed by atoms with E-state index in [0.717, 1.165) is 11.1 Å². The Kier molecular flexibility index (Phi) is 5.15. The number of hydrogen-bond acceptors (Lipinski definition) is 6. The molecule has 2 heterocycles. The van der Waals surface area contributed by atoms with Crippen LogP contribution < -0.4 is 0 Å². The van der Waals surface area contributed by atoms with Crippen LogP contribution in [0.4, 0.5) is 0 Å². The molecule has 126 valence electrons. The van der Waals surface area contributed by atoms with Crippen LogP contribution in [0, 0.1) is 11.8 Å². The van der Waals surface area contributed by atoms with Crippen molar-refractivity contribution in [3.8, 4) is 0 Å². The molecule has 3 rings (SSSR count). The number of hydrogen-bond donors (Lipinski definition) is 0. The number of ether oxygens (including phenoxy) is 4. The fraction of sp³-hybridized carbons (Fsp3) is 0.333. The molecule has 6 nitrogen and oxygen atoms in total. The Morgan fingerprint density at radius 2 is 1.25 bits per heavy atom. The Balaban J connectivity index is 1.43. The highest BCUT2D eigenvalue weighted by atomic mass is 16.5. The largest absolute Gasteiger partial charge is 0.500 e. The lowest BCUT2D eigenvalue weighted by molar-refractivity contribution is -0.149. The molecule has 2 aliphatic heterocycles. The van der Waals surface area contributed by atoms with Gasteiger partial charge in [-0.3, -0.25) is 9.59 Å². The molecule has 0 saturated heterocycles. The molecule has 0 fully saturated rings. The Labute approximate surface area is 139 Å². The number of rotatable bonds is 6. The van der Waals surface area contributed by atoms with Crippen molar-refractivity contribution >= 4 is 11.9 Å². The molecule has 1 aromatic carbocycles. The van der Waals surface area contributed by atoms with Crippen LogP contribution in [0.5, 0.6) is 0 Å². The number of benzene rings is 1. The summed E-state index contributed by atoms with van der Waals surface area (Å²) < 4.78 is 20.5. The van der Waals surface area contributed by atoms with Crippen molar-refractivity contribution in [1.29, 1.82) is 0 Å².